The molecule has 5 nitrogen and oxygen atoms in total. The van der Waals surface area contributed by atoms with E-state index in [0.717, 1.165) is 77.3 Å². The van der Waals surface area contributed by atoms with Crippen molar-refractivity contribution >= 4 is 75.4 Å². The highest BCUT2D eigenvalue weighted by atomic mass is 32.1. The van der Waals surface area contributed by atoms with Gasteiger partial charge in [-0.1, -0.05) is 121 Å². The maximum Gasteiger partial charge on any atom is 0.167 e. The molecule has 0 spiro atoms. The number of thiophene rings is 1. The predicted molar refractivity (Wildman–Crippen MR) is 234 cm³/mol. The largest absolute Gasteiger partial charge is 0.456 e. The monoisotopic (exact) mass is 747 g/mol. The van der Waals surface area contributed by atoms with E-state index in [1.165, 1.54) is 25.7 Å². The Kier molecular flexibility index (Phi) is 7.03. The molecule has 0 unspecified atom stereocenters. The van der Waals surface area contributed by atoms with Gasteiger partial charge in [-0.05, 0) is 76.9 Å². The molecular weight excluding hydrogens is 719 g/mol. The maximum absolute atomic E-state index is 6.81. The van der Waals surface area contributed by atoms with Crippen LogP contribution in [0.15, 0.2) is 185 Å². The van der Waals surface area contributed by atoms with Crippen molar-refractivity contribution in [3.05, 3.63) is 176 Å². The molecule has 0 aliphatic rings. The minimum atomic E-state index is 0.564. The molecule has 12 aromatic rings. The average Bonchev–Trinajstić information content (AvgIpc) is 3.97. The van der Waals surface area contributed by atoms with Crippen LogP contribution in [0.25, 0.3) is 120 Å². The van der Waals surface area contributed by atoms with Gasteiger partial charge in [0, 0.05) is 52.8 Å². The van der Waals surface area contributed by atoms with Crippen LogP contribution in [0.5, 0.6) is 0 Å². The van der Waals surface area contributed by atoms with Crippen LogP contribution in [-0.4, -0.2) is 15.0 Å². The first-order valence-electron chi connectivity index (χ1n) is 18.9. The van der Waals surface area contributed by atoms with E-state index in [4.69, 9.17) is 23.8 Å². The Balaban J connectivity index is 1.03. The molecule has 0 fully saturated rings. The molecule has 0 atom stereocenters. The van der Waals surface area contributed by atoms with Gasteiger partial charge in [0.25, 0.3) is 0 Å². The van der Waals surface area contributed by atoms with E-state index in [1.54, 1.807) is 0 Å². The van der Waals surface area contributed by atoms with Gasteiger partial charge in [0.2, 0.25) is 0 Å². The summed E-state index contributed by atoms with van der Waals surface area (Å²) in [6.45, 7) is 0. The minimum Gasteiger partial charge on any atom is -0.456 e. The third-order valence-electron chi connectivity index (χ3n) is 10.9. The summed E-state index contributed by atoms with van der Waals surface area (Å²) in [5.74, 6) is 1.79. The number of nitrogens with zero attached hydrogens (tertiary/aromatic N) is 3. The SMILES string of the molecule is c1ccc(-c2nc(-c3ccccc3)nc(-c3cccc4c3oc3cc(-c5cc(-c6ccc7c(c6)oc6ccccc67)c6c(c5)sc5ccccc56)ccc34)n2)cc1. The highest BCUT2D eigenvalue weighted by molar-refractivity contribution is 7.26. The van der Waals surface area contributed by atoms with Crippen molar-refractivity contribution in [3.8, 4) is 56.4 Å². The fourth-order valence-corrected chi connectivity index (χ4v) is 9.40. The van der Waals surface area contributed by atoms with Gasteiger partial charge < -0.3 is 8.83 Å². The van der Waals surface area contributed by atoms with Crippen molar-refractivity contribution in [1.29, 1.82) is 0 Å². The van der Waals surface area contributed by atoms with Crippen molar-refractivity contribution in [2.24, 2.45) is 0 Å². The molecule has 0 aliphatic carbocycles. The molecule has 12 rings (SSSR count). The standard InChI is InChI=1S/C51H29N3O2S/c1-3-12-30(13-4-1)49-52-50(31-14-5-2-6-15-31)54-51(53-49)40-19-11-18-38-37-24-22-32(27-44(37)56-48(38)40)34-26-41(47-39-17-8-10-21-45(39)57-46(47)29-34)33-23-25-36-35-16-7-9-20-42(35)55-43(36)28-33/h1-29H. The molecule has 0 saturated heterocycles. The van der Waals surface area contributed by atoms with Crippen LogP contribution >= 0.6 is 11.3 Å². The van der Waals surface area contributed by atoms with Gasteiger partial charge in [-0.25, -0.2) is 15.0 Å². The Hall–Kier alpha value is -7.41. The number of fused-ring (bicyclic) bond motifs is 9. The zero-order valence-corrected chi connectivity index (χ0v) is 31.1. The van der Waals surface area contributed by atoms with Crippen molar-refractivity contribution in [2.45, 2.75) is 0 Å². The van der Waals surface area contributed by atoms with Gasteiger partial charge in [0.15, 0.2) is 17.5 Å². The Labute approximate surface area is 330 Å². The van der Waals surface area contributed by atoms with E-state index in [-0.39, 0.29) is 0 Å². The first-order valence-corrected chi connectivity index (χ1v) is 19.7. The minimum absolute atomic E-state index is 0.564. The predicted octanol–water partition coefficient (Wildman–Crippen LogP) is 14.4. The maximum atomic E-state index is 6.81. The third kappa shape index (κ3) is 5.19. The summed E-state index contributed by atoms with van der Waals surface area (Å²) >= 11 is 1.83. The Morgan fingerprint density at radius 2 is 0.930 bits per heavy atom. The second-order valence-corrected chi connectivity index (χ2v) is 15.4. The van der Waals surface area contributed by atoms with E-state index in [1.807, 2.05) is 90.2 Å². The molecule has 57 heavy (non-hydrogen) atoms. The molecule has 4 heterocycles. The summed E-state index contributed by atoms with van der Waals surface area (Å²) in [5, 5.41) is 6.81. The van der Waals surface area contributed by atoms with E-state index in [0.29, 0.717) is 17.5 Å². The summed E-state index contributed by atoms with van der Waals surface area (Å²) < 4.78 is 15.7. The Bertz CT molecular complexity index is 3470. The molecule has 0 aliphatic heterocycles. The highest BCUT2D eigenvalue weighted by Crippen LogP contribution is 2.45. The van der Waals surface area contributed by atoms with Gasteiger partial charge in [0.1, 0.15) is 22.3 Å². The van der Waals surface area contributed by atoms with Gasteiger partial charge in [0.05, 0.1) is 5.56 Å². The second kappa shape index (κ2) is 12.6. The Morgan fingerprint density at radius 1 is 0.333 bits per heavy atom. The summed E-state index contributed by atoms with van der Waals surface area (Å²) in [7, 11) is 0. The summed E-state index contributed by atoms with van der Waals surface area (Å²) in [6, 6.07) is 61.0. The number of benzene rings is 8. The Morgan fingerprint density at radius 3 is 1.72 bits per heavy atom. The van der Waals surface area contributed by atoms with E-state index < -0.39 is 0 Å². The quantitative estimate of drug-likeness (QED) is 0.175. The first-order chi connectivity index (χ1) is 28.2. The fourth-order valence-electron chi connectivity index (χ4n) is 8.23. The molecule has 0 bridgehead atoms. The van der Waals surface area contributed by atoms with Crippen molar-refractivity contribution < 1.29 is 8.83 Å². The van der Waals surface area contributed by atoms with Crippen LogP contribution < -0.4 is 0 Å². The second-order valence-electron chi connectivity index (χ2n) is 14.3. The lowest BCUT2D eigenvalue weighted by Crippen LogP contribution is -2.00. The zero-order chi connectivity index (χ0) is 37.5. The van der Waals surface area contributed by atoms with E-state index in [2.05, 4.69) is 97.1 Å². The highest BCUT2D eigenvalue weighted by Gasteiger charge is 2.20. The number of hydrogen-bond donors (Lipinski definition) is 0. The summed E-state index contributed by atoms with van der Waals surface area (Å²) in [5.41, 5.74) is 10.5. The lowest BCUT2D eigenvalue weighted by Gasteiger charge is -2.10. The summed E-state index contributed by atoms with van der Waals surface area (Å²) in [4.78, 5) is 14.9. The zero-order valence-electron chi connectivity index (χ0n) is 30.3. The van der Waals surface area contributed by atoms with Crippen LogP contribution in [0, 0.1) is 0 Å². The molecule has 4 aromatic heterocycles. The van der Waals surface area contributed by atoms with Gasteiger partial charge >= 0.3 is 0 Å². The molecule has 0 amide bonds. The van der Waals surface area contributed by atoms with Crippen LogP contribution in [0.2, 0.25) is 0 Å². The molecule has 6 heteroatoms. The number of aromatic nitrogens is 3. The molecular formula is C51H29N3O2S. The first kappa shape index (κ1) is 31.9. The van der Waals surface area contributed by atoms with Crippen LogP contribution in [0.1, 0.15) is 0 Å². The molecule has 8 aromatic carbocycles. The van der Waals surface area contributed by atoms with Crippen molar-refractivity contribution in [3.63, 3.8) is 0 Å². The third-order valence-corrected chi connectivity index (χ3v) is 12.1. The lowest BCUT2D eigenvalue weighted by molar-refractivity contribution is 0.669. The van der Waals surface area contributed by atoms with Crippen LogP contribution in [0.4, 0.5) is 0 Å². The molecule has 266 valence electrons. The number of para-hydroxylation sites is 2. The molecule has 0 saturated carbocycles. The fraction of sp³-hybridized carbons (Fsp3) is 0. The number of furan rings is 2. The number of rotatable bonds is 5. The van der Waals surface area contributed by atoms with Crippen LogP contribution in [-0.2, 0) is 0 Å². The smallest absolute Gasteiger partial charge is 0.167 e. The average molecular weight is 748 g/mol. The van der Waals surface area contributed by atoms with E-state index in [9.17, 15) is 0 Å². The number of hydrogen-bond acceptors (Lipinski definition) is 6. The summed E-state index contributed by atoms with van der Waals surface area (Å²) in [6.07, 6.45) is 0. The molecule has 0 radical (unpaired) electrons. The topological polar surface area (TPSA) is 65.0 Å². The van der Waals surface area contributed by atoms with Gasteiger partial charge in [-0.3, -0.25) is 0 Å². The lowest BCUT2D eigenvalue weighted by atomic mass is 9.93. The molecule has 0 N–H and O–H groups in total. The normalized spacial score (nSPS) is 11.9. The van der Waals surface area contributed by atoms with Crippen LogP contribution in [0.3, 0.4) is 0 Å². The van der Waals surface area contributed by atoms with E-state index >= 15 is 0 Å². The van der Waals surface area contributed by atoms with Gasteiger partial charge in [-0.2, -0.15) is 0 Å². The van der Waals surface area contributed by atoms with Crippen molar-refractivity contribution in [1.82, 2.24) is 15.0 Å². The van der Waals surface area contributed by atoms with Crippen molar-refractivity contribution in [2.75, 3.05) is 0 Å². The van der Waals surface area contributed by atoms with Gasteiger partial charge in [-0.15, -0.1) is 11.3 Å².